The molecule has 1 aromatic rings. The molecule has 1 aromatic heterocycles. The lowest BCUT2D eigenvalue weighted by molar-refractivity contribution is 0.0718. The Kier molecular flexibility index (Phi) is 4.29. The molecule has 1 aliphatic carbocycles. The average molecular weight is 294 g/mol. The molecule has 1 aliphatic heterocycles. The summed E-state index contributed by atoms with van der Waals surface area (Å²) in [4.78, 5) is 6.71. The van der Waals surface area contributed by atoms with E-state index in [1.54, 1.807) is 6.20 Å². The molecule has 0 bridgehead atoms. The van der Waals surface area contributed by atoms with E-state index in [9.17, 15) is 0 Å². The Balaban J connectivity index is 1.76. The van der Waals surface area contributed by atoms with Crippen LogP contribution in [0.1, 0.15) is 44.6 Å². The van der Waals surface area contributed by atoms with E-state index < -0.39 is 0 Å². The molecule has 3 nitrogen and oxygen atoms in total. The van der Waals surface area contributed by atoms with Crippen molar-refractivity contribution < 1.29 is 0 Å². The molecule has 2 aliphatic rings. The minimum atomic E-state index is 0.366. The minimum Gasteiger partial charge on any atom is -0.308 e. The number of halogens is 1. The molecule has 4 heteroatoms. The molecule has 2 heterocycles. The van der Waals surface area contributed by atoms with Crippen LogP contribution < -0.4 is 5.32 Å². The van der Waals surface area contributed by atoms with E-state index in [-0.39, 0.29) is 0 Å². The number of piperazine rings is 1. The van der Waals surface area contributed by atoms with Gasteiger partial charge in [-0.25, -0.2) is 0 Å². The molecule has 1 N–H and O–H groups in total. The number of nitrogens with one attached hydrogen (secondary N) is 1. The third kappa shape index (κ3) is 2.85. The van der Waals surface area contributed by atoms with Crippen molar-refractivity contribution in [1.82, 2.24) is 15.2 Å². The van der Waals surface area contributed by atoms with E-state index in [2.05, 4.69) is 28.2 Å². The molecule has 0 amide bonds. The van der Waals surface area contributed by atoms with Crippen molar-refractivity contribution in [2.24, 2.45) is 0 Å². The highest BCUT2D eigenvalue weighted by Crippen LogP contribution is 2.34. The third-order valence-electron chi connectivity index (χ3n) is 5.00. The molecular formula is C16H24ClN3. The first-order valence-electron chi connectivity index (χ1n) is 7.80. The lowest BCUT2D eigenvalue weighted by atomic mass is 9.91. The maximum atomic E-state index is 6.28. The van der Waals surface area contributed by atoms with Crippen LogP contribution in [0.25, 0.3) is 0 Å². The second-order valence-electron chi connectivity index (χ2n) is 6.30. The zero-order chi connectivity index (χ0) is 14.0. The molecule has 0 radical (unpaired) electrons. The summed E-state index contributed by atoms with van der Waals surface area (Å²) in [6.07, 6.45) is 10.2. The van der Waals surface area contributed by atoms with Gasteiger partial charge in [-0.3, -0.25) is 9.88 Å². The Morgan fingerprint density at radius 3 is 2.95 bits per heavy atom. The normalized spacial score (nSPS) is 26.2. The molecule has 1 spiro atoms. The lowest BCUT2D eigenvalue weighted by Gasteiger charge is -2.46. The number of aromatic nitrogens is 1. The third-order valence-corrected chi connectivity index (χ3v) is 5.34. The van der Waals surface area contributed by atoms with Crippen LogP contribution in [0.5, 0.6) is 0 Å². The topological polar surface area (TPSA) is 28.2 Å². The summed E-state index contributed by atoms with van der Waals surface area (Å²) in [7, 11) is 0. The highest BCUT2D eigenvalue weighted by atomic mass is 35.5. The number of nitrogens with zero attached hydrogens (tertiary/aromatic N) is 2. The maximum Gasteiger partial charge on any atom is 0.0634 e. The van der Waals surface area contributed by atoms with Crippen LogP contribution in [0.4, 0.5) is 0 Å². The Morgan fingerprint density at radius 1 is 1.45 bits per heavy atom. The van der Waals surface area contributed by atoms with Crippen molar-refractivity contribution in [3.8, 4) is 0 Å². The summed E-state index contributed by atoms with van der Waals surface area (Å²) in [5.74, 6) is 0. The van der Waals surface area contributed by atoms with Crippen LogP contribution in [-0.2, 0) is 6.54 Å². The number of rotatable bonds is 3. The van der Waals surface area contributed by atoms with Crippen LogP contribution in [0.15, 0.2) is 18.5 Å². The van der Waals surface area contributed by atoms with Gasteiger partial charge in [0.2, 0.25) is 0 Å². The molecule has 110 valence electrons. The van der Waals surface area contributed by atoms with Gasteiger partial charge in [-0.2, -0.15) is 0 Å². The van der Waals surface area contributed by atoms with Gasteiger partial charge < -0.3 is 5.32 Å². The predicted octanol–water partition coefficient (Wildman–Crippen LogP) is 3.23. The van der Waals surface area contributed by atoms with Crippen molar-refractivity contribution in [3.63, 3.8) is 0 Å². The summed E-state index contributed by atoms with van der Waals surface area (Å²) in [6.45, 7) is 5.49. The smallest absolute Gasteiger partial charge is 0.0634 e. The van der Waals surface area contributed by atoms with Gasteiger partial charge in [-0.05, 0) is 30.9 Å². The highest BCUT2D eigenvalue weighted by molar-refractivity contribution is 6.31. The van der Waals surface area contributed by atoms with Crippen molar-refractivity contribution in [2.45, 2.75) is 57.2 Å². The van der Waals surface area contributed by atoms with Gasteiger partial charge in [-0.1, -0.05) is 31.4 Å². The highest BCUT2D eigenvalue weighted by Gasteiger charge is 2.40. The first-order chi connectivity index (χ1) is 9.72. The van der Waals surface area contributed by atoms with E-state index >= 15 is 0 Å². The molecule has 1 saturated heterocycles. The molecular weight excluding hydrogens is 270 g/mol. The Morgan fingerprint density at radius 2 is 2.25 bits per heavy atom. The van der Waals surface area contributed by atoms with Gasteiger partial charge in [0, 0.05) is 43.6 Å². The largest absolute Gasteiger partial charge is 0.308 e. The standard InChI is InChI=1S/C16H24ClN3/c1-2-14-9-19-16(6-3-4-7-16)12-20(14)11-13-5-8-18-10-15(13)17/h5,8,10,14,19H,2-4,6-7,9,11-12H2,1H3. The monoisotopic (exact) mass is 293 g/mol. The minimum absolute atomic E-state index is 0.366. The SMILES string of the molecule is CCC1CNC2(CCCC2)CN1Cc1ccncc1Cl. The Hall–Kier alpha value is -0.640. The first-order valence-corrected chi connectivity index (χ1v) is 8.18. The zero-order valence-electron chi connectivity index (χ0n) is 12.2. The second-order valence-corrected chi connectivity index (χ2v) is 6.71. The van der Waals surface area contributed by atoms with Gasteiger partial charge in [0.1, 0.15) is 0 Å². The molecule has 2 fully saturated rings. The van der Waals surface area contributed by atoms with Crippen molar-refractivity contribution >= 4 is 11.6 Å². The van der Waals surface area contributed by atoms with Gasteiger partial charge in [0.25, 0.3) is 0 Å². The van der Waals surface area contributed by atoms with Crippen molar-refractivity contribution in [3.05, 3.63) is 29.0 Å². The summed E-state index contributed by atoms with van der Waals surface area (Å²) in [5.41, 5.74) is 1.57. The van der Waals surface area contributed by atoms with E-state index in [0.717, 1.165) is 24.7 Å². The van der Waals surface area contributed by atoms with E-state index in [4.69, 9.17) is 11.6 Å². The quantitative estimate of drug-likeness (QED) is 0.927. The molecule has 0 aromatic carbocycles. The van der Waals surface area contributed by atoms with E-state index in [1.165, 1.54) is 37.7 Å². The van der Waals surface area contributed by atoms with Gasteiger partial charge >= 0.3 is 0 Å². The van der Waals surface area contributed by atoms with Crippen molar-refractivity contribution in [1.29, 1.82) is 0 Å². The maximum absolute atomic E-state index is 6.28. The molecule has 1 atom stereocenters. The first kappa shape index (κ1) is 14.3. The number of hydrogen-bond acceptors (Lipinski definition) is 3. The predicted molar refractivity (Wildman–Crippen MR) is 82.9 cm³/mol. The number of hydrogen-bond donors (Lipinski definition) is 1. The second kappa shape index (κ2) is 6.00. The fraction of sp³-hybridized carbons (Fsp3) is 0.688. The molecule has 1 unspecified atom stereocenters. The van der Waals surface area contributed by atoms with E-state index in [0.29, 0.717) is 11.6 Å². The summed E-state index contributed by atoms with van der Waals surface area (Å²) in [5, 5.41) is 4.63. The summed E-state index contributed by atoms with van der Waals surface area (Å²) >= 11 is 6.28. The van der Waals surface area contributed by atoms with Crippen LogP contribution in [-0.4, -0.2) is 34.6 Å². The number of pyridine rings is 1. The fourth-order valence-corrected chi connectivity index (χ4v) is 3.94. The van der Waals surface area contributed by atoms with Crippen LogP contribution in [0, 0.1) is 0 Å². The zero-order valence-corrected chi connectivity index (χ0v) is 13.0. The van der Waals surface area contributed by atoms with Gasteiger partial charge in [-0.15, -0.1) is 0 Å². The van der Waals surface area contributed by atoms with Crippen LogP contribution in [0.2, 0.25) is 5.02 Å². The summed E-state index contributed by atoms with van der Waals surface area (Å²) in [6, 6.07) is 2.67. The van der Waals surface area contributed by atoms with Crippen molar-refractivity contribution in [2.75, 3.05) is 13.1 Å². The molecule has 3 rings (SSSR count). The van der Waals surface area contributed by atoms with E-state index in [1.807, 2.05) is 6.20 Å². The lowest BCUT2D eigenvalue weighted by Crippen LogP contribution is -2.62. The van der Waals surface area contributed by atoms with Crippen LogP contribution >= 0.6 is 11.6 Å². The fourth-order valence-electron chi connectivity index (χ4n) is 3.76. The molecule has 1 saturated carbocycles. The van der Waals surface area contributed by atoms with Gasteiger partial charge in [0.15, 0.2) is 0 Å². The summed E-state index contributed by atoms with van der Waals surface area (Å²) < 4.78 is 0. The Labute approximate surface area is 126 Å². The molecule has 20 heavy (non-hydrogen) atoms. The average Bonchev–Trinajstić information content (AvgIpc) is 2.90. The van der Waals surface area contributed by atoms with Gasteiger partial charge in [0.05, 0.1) is 5.02 Å². The Bertz CT molecular complexity index is 457. The van der Waals surface area contributed by atoms with Crippen LogP contribution in [0.3, 0.4) is 0 Å².